The Morgan fingerprint density at radius 3 is 2.47 bits per heavy atom. The topological polar surface area (TPSA) is 20.2 Å². The van der Waals surface area contributed by atoms with Gasteiger partial charge in [-0.2, -0.15) is 0 Å². The van der Waals surface area contributed by atoms with Gasteiger partial charge in [0.2, 0.25) is 0 Å². The molecule has 0 aliphatic heterocycles. The Kier molecular flexibility index (Phi) is 3.60. The molecule has 1 atom stereocenters. The van der Waals surface area contributed by atoms with Crippen LogP contribution in [-0.4, -0.2) is 5.11 Å². The second-order valence-corrected chi connectivity index (χ2v) is 4.82. The zero-order chi connectivity index (χ0) is 12.4. The van der Waals surface area contributed by atoms with E-state index in [1.807, 2.05) is 25.1 Å². The van der Waals surface area contributed by atoms with Crippen LogP contribution in [0.3, 0.4) is 0 Å². The molecule has 0 fully saturated rings. The van der Waals surface area contributed by atoms with Gasteiger partial charge in [-0.3, -0.25) is 0 Å². The highest BCUT2D eigenvalue weighted by molar-refractivity contribution is 9.10. The zero-order valence-electron chi connectivity index (χ0n) is 9.32. The molecule has 0 aromatic heterocycles. The van der Waals surface area contributed by atoms with Gasteiger partial charge in [-0.05, 0) is 41.8 Å². The first-order valence-corrected chi connectivity index (χ1v) is 6.07. The smallest absolute Gasteiger partial charge is 0.123 e. The molecule has 0 saturated carbocycles. The average molecular weight is 295 g/mol. The first-order chi connectivity index (χ1) is 8.08. The van der Waals surface area contributed by atoms with Crippen molar-refractivity contribution in [2.75, 3.05) is 0 Å². The van der Waals surface area contributed by atoms with Crippen molar-refractivity contribution in [3.05, 3.63) is 69.4 Å². The highest BCUT2D eigenvalue weighted by Gasteiger charge is 2.11. The summed E-state index contributed by atoms with van der Waals surface area (Å²) in [5.41, 5.74) is 2.36. The molecule has 2 rings (SSSR count). The summed E-state index contributed by atoms with van der Waals surface area (Å²) in [5, 5.41) is 10.1. The van der Waals surface area contributed by atoms with Crippen molar-refractivity contribution in [3.63, 3.8) is 0 Å². The van der Waals surface area contributed by atoms with Crippen molar-refractivity contribution in [1.82, 2.24) is 0 Å². The monoisotopic (exact) mass is 294 g/mol. The zero-order valence-corrected chi connectivity index (χ0v) is 10.9. The summed E-state index contributed by atoms with van der Waals surface area (Å²) in [6, 6.07) is 11.6. The van der Waals surface area contributed by atoms with E-state index < -0.39 is 6.10 Å². The molecule has 3 heteroatoms. The molecule has 17 heavy (non-hydrogen) atoms. The molecule has 0 saturated heterocycles. The van der Waals surface area contributed by atoms with Crippen molar-refractivity contribution in [1.29, 1.82) is 0 Å². The lowest BCUT2D eigenvalue weighted by Crippen LogP contribution is -2.00. The van der Waals surface area contributed by atoms with Crippen LogP contribution in [0.4, 0.5) is 4.39 Å². The number of hydrogen-bond acceptors (Lipinski definition) is 1. The van der Waals surface area contributed by atoms with E-state index in [1.165, 1.54) is 12.1 Å². The number of aliphatic hydroxyl groups excluding tert-OH is 1. The van der Waals surface area contributed by atoms with E-state index >= 15 is 0 Å². The molecule has 0 aliphatic rings. The minimum Gasteiger partial charge on any atom is -0.384 e. The van der Waals surface area contributed by atoms with E-state index in [2.05, 4.69) is 15.9 Å². The lowest BCUT2D eigenvalue weighted by molar-refractivity contribution is 0.219. The Morgan fingerprint density at radius 1 is 1.12 bits per heavy atom. The summed E-state index contributed by atoms with van der Waals surface area (Å²) < 4.78 is 14.1. The van der Waals surface area contributed by atoms with Gasteiger partial charge in [-0.25, -0.2) is 4.39 Å². The van der Waals surface area contributed by atoms with Crippen LogP contribution in [-0.2, 0) is 0 Å². The third-order valence-electron chi connectivity index (χ3n) is 2.66. The van der Waals surface area contributed by atoms with Crippen molar-refractivity contribution in [2.24, 2.45) is 0 Å². The molecular formula is C14H12BrFO. The van der Waals surface area contributed by atoms with E-state index in [9.17, 15) is 9.50 Å². The maximum atomic E-state index is 13.1. The van der Waals surface area contributed by atoms with E-state index in [-0.39, 0.29) is 5.82 Å². The fourth-order valence-electron chi connectivity index (χ4n) is 1.71. The fraction of sp³-hybridized carbons (Fsp3) is 0.143. The van der Waals surface area contributed by atoms with E-state index in [1.54, 1.807) is 12.1 Å². The van der Waals surface area contributed by atoms with Gasteiger partial charge in [0.25, 0.3) is 0 Å². The molecule has 0 heterocycles. The first-order valence-electron chi connectivity index (χ1n) is 5.27. The van der Waals surface area contributed by atoms with Gasteiger partial charge in [0.05, 0.1) is 0 Å². The molecule has 1 N–H and O–H groups in total. The molecule has 0 amide bonds. The Morgan fingerprint density at radius 2 is 1.82 bits per heavy atom. The number of hydrogen-bond donors (Lipinski definition) is 1. The minimum absolute atomic E-state index is 0.338. The molecule has 0 spiro atoms. The summed E-state index contributed by atoms with van der Waals surface area (Å²) in [4.78, 5) is 0. The average Bonchev–Trinajstić information content (AvgIpc) is 2.32. The van der Waals surface area contributed by atoms with Crippen molar-refractivity contribution in [2.45, 2.75) is 13.0 Å². The van der Waals surface area contributed by atoms with Crippen LogP contribution in [0.2, 0.25) is 0 Å². The Hall–Kier alpha value is -1.19. The van der Waals surface area contributed by atoms with Gasteiger partial charge in [0, 0.05) is 4.47 Å². The second-order valence-electron chi connectivity index (χ2n) is 3.97. The molecule has 1 nitrogen and oxygen atoms in total. The molecular weight excluding hydrogens is 283 g/mol. The first kappa shape index (κ1) is 12.3. The van der Waals surface area contributed by atoms with Crippen LogP contribution in [0.25, 0.3) is 0 Å². The molecule has 0 radical (unpaired) electrons. The Bertz CT molecular complexity index is 539. The minimum atomic E-state index is -0.794. The number of aryl methyl sites for hydroxylation is 1. The highest BCUT2D eigenvalue weighted by Crippen LogP contribution is 2.26. The Labute approximate surface area is 108 Å². The van der Waals surface area contributed by atoms with E-state index in [0.717, 1.165) is 15.6 Å². The molecule has 2 aromatic carbocycles. The lowest BCUT2D eigenvalue weighted by atomic mass is 10.00. The predicted octanol–water partition coefficient (Wildman–Crippen LogP) is 3.98. The summed E-state index contributed by atoms with van der Waals surface area (Å²) >= 11 is 3.40. The SMILES string of the molecule is Cc1cc(C(O)c2cccc(F)c2)ccc1Br. The van der Waals surface area contributed by atoms with E-state index in [0.29, 0.717) is 5.56 Å². The summed E-state index contributed by atoms with van der Waals surface area (Å²) in [5.74, 6) is -0.338. The number of benzene rings is 2. The lowest BCUT2D eigenvalue weighted by Gasteiger charge is -2.12. The number of halogens is 2. The predicted molar refractivity (Wildman–Crippen MR) is 69.3 cm³/mol. The molecule has 1 unspecified atom stereocenters. The van der Waals surface area contributed by atoms with Crippen LogP contribution >= 0.6 is 15.9 Å². The number of rotatable bonds is 2. The quantitative estimate of drug-likeness (QED) is 0.888. The summed E-state index contributed by atoms with van der Waals surface area (Å²) in [7, 11) is 0. The summed E-state index contributed by atoms with van der Waals surface area (Å²) in [6.07, 6.45) is -0.794. The van der Waals surface area contributed by atoms with E-state index in [4.69, 9.17) is 0 Å². The Balaban J connectivity index is 2.36. The van der Waals surface area contributed by atoms with Crippen LogP contribution < -0.4 is 0 Å². The van der Waals surface area contributed by atoms with Gasteiger partial charge in [0.15, 0.2) is 0 Å². The maximum absolute atomic E-state index is 13.1. The molecule has 2 aromatic rings. The fourth-order valence-corrected chi connectivity index (χ4v) is 1.95. The highest BCUT2D eigenvalue weighted by atomic mass is 79.9. The van der Waals surface area contributed by atoms with Gasteiger partial charge < -0.3 is 5.11 Å². The van der Waals surface area contributed by atoms with Crippen molar-refractivity contribution >= 4 is 15.9 Å². The van der Waals surface area contributed by atoms with Crippen molar-refractivity contribution in [3.8, 4) is 0 Å². The molecule has 0 bridgehead atoms. The normalized spacial score (nSPS) is 12.5. The van der Waals surface area contributed by atoms with Gasteiger partial charge in [-0.1, -0.05) is 40.2 Å². The van der Waals surface area contributed by atoms with Gasteiger partial charge >= 0.3 is 0 Å². The molecule has 0 aliphatic carbocycles. The third-order valence-corrected chi connectivity index (χ3v) is 3.55. The number of aliphatic hydroxyl groups is 1. The molecule has 88 valence electrons. The van der Waals surface area contributed by atoms with Gasteiger partial charge in [-0.15, -0.1) is 0 Å². The largest absolute Gasteiger partial charge is 0.384 e. The summed E-state index contributed by atoms with van der Waals surface area (Å²) in [6.45, 7) is 1.95. The maximum Gasteiger partial charge on any atom is 0.123 e. The third kappa shape index (κ3) is 2.73. The van der Waals surface area contributed by atoms with Crippen LogP contribution in [0.1, 0.15) is 22.8 Å². The van der Waals surface area contributed by atoms with Crippen LogP contribution in [0.5, 0.6) is 0 Å². The standard InChI is InChI=1S/C14H12BrFO/c1-9-7-11(5-6-13(9)15)14(17)10-3-2-4-12(16)8-10/h2-8,14,17H,1H3. The van der Waals surface area contributed by atoms with Crippen molar-refractivity contribution < 1.29 is 9.50 Å². The second kappa shape index (κ2) is 4.98. The van der Waals surface area contributed by atoms with Crippen LogP contribution in [0, 0.1) is 12.7 Å². The van der Waals surface area contributed by atoms with Crippen LogP contribution in [0.15, 0.2) is 46.9 Å². The van der Waals surface area contributed by atoms with Gasteiger partial charge in [0.1, 0.15) is 11.9 Å².